The normalized spacial score (nSPS) is 15.3. The van der Waals surface area contributed by atoms with E-state index >= 15 is 0 Å². The number of nitro benzene ring substituents is 1. The summed E-state index contributed by atoms with van der Waals surface area (Å²) in [5, 5.41) is 16.9. The predicted octanol–water partition coefficient (Wildman–Crippen LogP) is 2.80. The maximum atomic E-state index is 12.3. The van der Waals surface area contributed by atoms with E-state index in [9.17, 15) is 14.9 Å². The van der Waals surface area contributed by atoms with Gasteiger partial charge >= 0.3 is 0 Å². The van der Waals surface area contributed by atoms with Crippen LogP contribution in [0.4, 0.5) is 11.4 Å². The van der Waals surface area contributed by atoms with Gasteiger partial charge in [-0.3, -0.25) is 14.9 Å². The van der Waals surface area contributed by atoms with Crippen LogP contribution in [0.2, 0.25) is 0 Å². The molecule has 0 saturated heterocycles. The summed E-state index contributed by atoms with van der Waals surface area (Å²) in [6, 6.07) is 4.56. The van der Waals surface area contributed by atoms with Crippen LogP contribution in [0.3, 0.4) is 0 Å². The number of nitrogens with zero attached hydrogens (tertiary/aromatic N) is 1. The smallest absolute Gasteiger partial charge is 0.293 e. The van der Waals surface area contributed by atoms with Crippen LogP contribution in [0.5, 0.6) is 0 Å². The van der Waals surface area contributed by atoms with Crippen LogP contribution in [0.25, 0.3) is 0 Å². The van der Waals surface area contributed by atoms with Crippen molar-refractivity contribution in [3.05, 3.63) is 33.9 Å². The Bertz CT molecular complexity index is 541. The van der Waals surface area contributed by atoms with E-state index in [4.69, 9.17) is 0 Å². The second kappa shape index (κ2) is 6.56. The fraction of sp³-hybridized carbons (Fsp3) is 0.533. The van der Waals surface area contributed by atoms with Crippen molar-refractivity contribution >= 4 is 17.3 Å². The molecular formula is C15H21N3O3. The molecule has 1 saturated carbocycles. The average Bonchev–Trinajstić information content (AvgIpc) is 3.29. The molecule has 0 spiro atoms. The summed E-state index contributed by atoms with van der Waals surface area (Å²) in [6.07, 6.45) is 2.47. The quantitative estimate of drug-likeness (QED) is 0.597. The largest absolute Gasteiger partial charge is 0.379 e. The van der Waals surface area contributed by atoms with Crippen LogP contribution in [-0.4, -0.2) is 23.9 Å². The first-order valence-electron chi connectivity index (χ1n) is 7.34. The van der Waals surface area contributed by atoms with Gasteiger partial charge in [0.25, 0.3) is 11.6 Å². The van der Waals surface area contributed by atoms with E-state index in [0.717, 1.165) is 0 Å². The van der Waals surface area contributed by atoms with E-state index in [-0.39, 0.29) is 11.6 Å². The third-order valence-corrected chi connectivity index (χ3v) is 3.85. The Morgan fingerprint density at radius 3 is 2.76 bits per heavy atom. The van der Waals surface area contributed by atoms with Gasteiger partial charge in [0.15, 0.2) is 0 Å². The number of hydrogen-bond acceptors (Lipinski definition) is 4. The van der Waals surface area contributed by atoms with Gasteiger partial charge in [-0.15, -0.1) is 0 Å². The highest BCUT2D eigenvalue weighted by molar-refractivity contribution is 6.01. The fourth-order valence-corrected chi connectivity index (χ4v) is 2.42. The van der Waals surface area contributed by atoms with Crippen molar-refractivity contribution in [1.82, 2.24) is 5.32 Å². The zero-order valence-electron chi connectivity index (χ0n) is 12.4. The minimum absolute atomic E-state index is 0.0697. The molecule has 1 aliphatic rings. The lowest BCUT2D eigenvalue weighted by molar-refractivity contribution is -0.384. The van der Waals surface area contributed by atoms with Crippen molar-refractivity contribution in [3.8, 4) is 0 Å². The number of nitro groups is 1. The van der Waals surface area contributed by atoms with E-state index < -0.39 is 4.92 Å². The maximum absolute atomic E-state index is 12.3. The molecule has 1 unspecified atom stereocenters. The SMILES string of the molecule is CCNc1c(C(=O)NCC(C)C2CC2)cccc1[N+](=O)[O-]. The van der Waals surface area contributed by atoms with Gasteiger partial charge in [-0.2, -0.15) is 0 Å². The lowest BCUT2D eigenvalue weighted by atomic mass is 10.1. The van der Waals surface area contributed by atoms with Gasteiger partial charge in [0.2, 0.25) is 0 Å². The highest BCUT2D eigenvalue weighted by Gasteiger charge is 2.28. The molecule has 2 N–H and O–H groups in total. The number of amides is 1. The van der Waals surface area contributed by atoms with Crippen LogP contribution in [0.15, 0.2) is 18.2 Å². The first-order chi connectivity index (χ1) is 10.0. The van der Waals surface area contributed by atoms with E-state index in [1.54, 1.807) is 6.07 Å². The summed E-state index contributed by atoms with van der Waals surface area (Å²) in [5.41, 5.74) is 0.551. The molecule has 1 aliphatic carbocycles. The second-order valence-corrected chi connectivity index (χ2v) is 5.51. The first kappa shape index (κ1) is 15.3. The van der Waals surface area contributed by atoms with Crippen molar-refractivity contribution in [2.45, 2.75) is 26.7 Å². The number of rotatable bonds is 7. The Morgan fingerprint density at radius 2 is 2.19 bits per heavy atom. The standard InChI is InChI=1S/C15H21N3O3/c1-3-16-14-12(5-4-6-13(14)18(20)21)15(19)17-9-10(2)11-7-8-11/h4-6,10-11,16H,3,7-9H2,1-2H3,(H,17,19). The Labute approximate surface area is 124 Å². The molecule has 6 heteroatoms. The van der Waals surface area contributed by atoms with Gasteiger partial charge in [-0.25, -0.2) is 0 Å². The molecule has 114 valence electrons. The molecule has 21 heavy (non-hydrogen) atoms. The van der Waals surface area contributed by atoms with E-state index in [0.29, 0.717) is 36.2 Å². The molecule has 1 atom stereocenters. The van der Waals surface area contributed by atoms with Crippen molar-refractivity contribution in [3.63, 3.8) is 0 Å². The Kier molecular flexibility index (Phi) is 4.77. The minimum atomic E-state index is -0.471. The molecule has 0 aromatic heterocycles. The summed E-state index contributed by atoms with van der Waals surface area (Å²) in [5.74, 6) is 0.904. The summed E-state index contributed by atoms with van der Waals surface area (Å²) in [6.45, 7) is 5.09. The number of carbonyl (C=O) groups excluding carboxylic acids is 1. The second-order valence-electron chi connectivity index (χ2n) is 5.51. The number of nitrogens with one attached hydrogen (secondary N) is 2. The van der Waals surface area contributed by atoms with Gasteiger partial charge in [0, 0.05) is 19.2 Å². The summed E-state index contributed by atoms with van der Waals surface area (Å²) < 4.78 is 0. The molecule has 1 fully saturated rings. The summed E-state index contributed by atoms with van der Waals surface area (Å²) >= 11 is 0. The monoisotopic (exact) mass is 291 g/mol. The minimum Gasteiger partial charge on any atom is -0.379 e. The Morgan fingerprint density at radius 1 is 1.48 bits per heavy atom. The summed E-state index contributed by atoms with van der Waals surface area (Å²) in [4.78, 5) is 22.9. The lowest BCUT2D eigenvalue weighted by Gasteiger charge is -2.14. The topological polar surface area (TPSA) is 84.3 Å². The van der Waals surface area contributed by atoms with Crippen LogP contribution in [-0.2, 0) is 0 Å². The van der Waals surface area contributed by atoms with Crippen LogP contribution in [0, 0.1) is 22.0 Å². The average molecular weight is 291 g/mol. The number of para-hydroxylation sites is 1. The molecule has 2 rings (SSSR count). The molecule has 0 heterocycles. The van der Waals surface area contributed by atoms with Crippen molar-refractivity contribution in [1.29, 1.82) is 0 Å². The van der Waals surface area contributed by atoms with Crippen molar-refractivity contribution in [2.24, 2.45) is 11.8 Å². The molecule has 6 nitrogen and oxygen atoms in total. The van der Waals surface area contributed by atoms with E-state index in [2.05, 4.69) is 17.6 Å². The van der Waals surface area contributed by atoms with Gasteiger partial charge in [0.05, 0.1) is 10.5 Å². The highest BCUT2D eigenvalue weighted by Crippen LogP contribution is 2.36. The molecule has 0 bridgehead atoms. The van der Waals surface area contributed by atoms with Crippen LogP contribution in [0.1, 0.15) is 37.0 Å². The predicted molar refractivity (Wildman–Crippen MR) is 81.5 cm³/mol. The Hall–Kier alpha value is -2.11. The number of hydrogen-bond donors (Lipinski definition) is 2. The van der Waals surface area contributed by atoms with Crippen molar-refractivity contribution < 1.29 is 9.72 Å². The molecule has 1 aromatic rings. The first-order valence-corrected chi connectivity index (χ1v) is 7.34. The van der Waals surface area contributed by atoms with Crippen molar-refractivity contribution in [2.75, 3.05) is 18.4 Å². The maximum Gasteiger partial charge on any atom is 0.293 e. The molecule has 0 aliphatic heterocycles. The third kappa shape index (κ3) is 3.71. The number of benzene rings is 1. The summed E-state index contributed by atoms with van der Waals surface area (Å²) in [7, 11) is 0. The van der Waals surface area contributed by atoms with E-state index in [1.165, 1.54) is 25.0 Å². The molecular weight excluding hydrogens is 270 g/mol. The van der Waals surface area contributed by atoms with Crippen LogP contribution < -0.4 is 10.6 Å². The van der Waals surface area contributed by atoms with Gasteiger partial charge in [-0.1, -0.05) is 13.0 Å². The zero-order valence-corrected chi connectivity index (χ0v) is 12.4. The fourth-order valence-electron chi connectivity index (χ4n) is 2.42. The molecule has 1 aromatic carbocycles. The zero-order chi connectivity index (χ0) is 15.4. The van der Waals surface area contributed by atoms with Gasteiger partial charge in [-0.05, 0) is 37.7 Å². The number of carbonyl (C=O) groups is 1. The lowest BCUT2D eigenvalue weighted by Crippen LogP contribution is -2.29. The number of anilines is 1. The van der Waals surface area contributed by atoms with Crippen LogP contribution >= 0.6 is 0 Å². The third-order valence-electron chi connectivity index (χ3n) is 3.85. The van der Waals surface area contributed by atoms with Gasteiger partial charge in [0.1, 0.15) is 5.69 Å². The Balaban J connectivity index is 2.14. The van der Waals surface area contributed by atoms with E-state index in [1.807, 2.05) is 6.92 Å². The van der Waals surface area contributed by atoms with Gasteiger partial charge < -0.3 is 10.6 Å². The molecule has 1 amide bonds. The highest BCUT2D eigenvalue weighted by atomic mass is 16.6. The molecule has 0 radical (unpaired) electrons.